The number of carbonyl (C=O) groups excluding carboxylic acids is 2. The Kier molecular flexibility index (Phi) is 6.04. The lowest BCUT2D eigenvalue weighted by atomic mass is 9.38. The number of halogens is 2. The van der Waals surface area contributed by atoms with Crippen molar-refractivity contribution in [3.63, 3.8) is 0 Å². The van der Waals surface area contributed by atoms with Crippen molar-refractivity contribution in [2.75, 3.05) is 6.61 Å². The number of ketones is 1. The first kappa shape index (κ1) is 21.8. The van der Waals surface area contributed by atoms with Crippen LogP contribution in [0.1, 0.15) is 37.7 Å². The van der Waals surface area contributed by atoms with Crippen LogP contribution in [0.25, 0.3) is 0 Å². The highest BCUT2D eigenvalue weighted by atomic mass is 35.5. The highest BCUT2D eigenvalue weighted by Crippen LogP contribution is 2.69. The van der Waals surface area contributed by atoms with E-state index in [1.807, 2.05) is 30.3 Å². The second-order valence-corrected chi connectivity index (χ2v) is 9.50. The Hall–Kier alpha value is -2.44. The lowest BCUT2D eigenvalue weighted by Gasteiger charge is -2.70. The van der Waals surface area contributed by atoms with Gasteiger partial charge in [0.2, 0.25) is 5.91 Å². The van der Waals surface area contributed by atoms with E-state index in [9.17, 15) is 14.0 Å². The van der Waals surface area contributed by atoms with E-state index in [-0.39, 0.29) is 52.5 Å². The van der Waals surface area contributed by atoms with Crippen LogP contribution in [0.5, 0.6) is 5.75 Å². The number of nitrogens with one attached hydrogen (secondary N) is 1. The quantitative estimate of drug-likeness (QED) is 0.583. The normalized spacial score (nSPS) is 24.5. The maximum absolute atomic E-state index is 13.4. The summed E-state index contributed by atoms with van der Waals surface area (Å²) >= 11 is 5.64. The molecule has 0 unspecified atom stereocenters. The summed E-state index contributed by atoms with van der Waals surface area (Å²) in [6.07, 6.45) is 3.78. The minimum absolute atomic E-state index is 0.0147. The molecule has 2 aromatic carbocycles. The SMILES string of the molecule is N[C@H](CC(=O)NC12CC(CC(=O)COc3ccc(Cl)c(F)c3)(C1)C2)Cc1ccccc1. The van der Waals surface area contributed by atoms with Gasteiger partial charge in [-0.25, -0.2) is 4.39 Å². The van der Waals surface area contributed by atoms with Crippen LogP contribution in [0.3, 0.4) is 0 Å². The Labute approximate surface area is 186 Å². The highest BCUT2D eigenvalue weighted by Gasteiger charge is 2.68. The minimum Gasteiger partial charge on any atom is -0.486 e. The van der Waals surface area contributed by atoms with Gasteiger partial charge in [-0.1, -0.05) is 41.9 Å². The van der Waals surface area contributed by atoms with Crippen molar-refractivity contribution in [1.82, 2.24) is 5.32 Å². The first-order chi connectivity index (χ1) is 14.8. The van der Waals surface area contributed by atoms with Crippen molar-refractivity contribution >= 4 is 23.3 Å². The molecule has 1 amide bonds. The van der Waals surface area contributed by atoms with Gasteiger partial charge in [-0.3, -0.25) is 9.59 Å². The van der Waals surface area contributed by atoms with Crippen LogP contribution in [-0.4, -0.2) is 29.9 Å². The number of hydrogen-bond donors (Lipinski definition) is 2. The molecule has 3 N–H and O–H groups in total. The summed E-state index contributed by atoms with van der Waals surface area (Å²) < 4.78 is 18.8. The van der Waals surface area contributed by atoms with E-state index in [1.54, 1.807) is 0 Å². The molecule has 31 heavy (non-hydrogen) atoms. The monoisotopic (exact) mass is 444 g/mol. The lowest BCUT2D eigenvalue weighted by molar-refractivity contribution is -0.173. The molecule has 0 aliphatic heterocycles. The molecule has 7 heteroatoms. The van der Waals surface area contributed by atoms with E-state index >= 15 is 0 Å². The van der Waals surface area contributed by atoms with E-state index in [2.05, 4.69) is 5.32 Å². The highest BCUT2D eigenvalue weighted by molar-refractivity contribution is 6.30. The average molecular weight is 445 g/mol. The van der Waals surface area contributed by atoms with Crippen LogP contribution < -0.4 is 15.8 Å². The zero-order chi connectivity index (χ0) is 22.1. The van der Waals surface area contributed by atoms with Crippen molar-refractivity contribution in [2.24, 2.45) is 11.1 Å². The molecule has 164 valence electrons. The Morgan fingerprint density at radius 3 is 2.55 bits per heavy atom. The largest absolute Gasteiger partial charge is 0.486 e. The number of amides is 1. The molecule has 2 bridgehead atoms. The molecule has 3 aliphatic rings. The van der Waals surface area contributed by atoms with Gasteiger partial charge in [0.15, 0.2) is 5.78 Å². The molecule has 2 aromatic rings. The summed E-state index contributed by atoms with van der Waals surface area (Å²) in [7, 11) is 0. The van der Waals surface area contributed by atoms with Gasteiger partial charge in [-0.05, 0) is 48.8 Å². The fourth-order valence-corrected chi connectivity index (χ4v) is 5.21. The van der Waals surface area contributed by atoms with Crippen molar-refractivity contribution in [3.05, 3.63) is 64.9 Å². The van der Waals surface area contributed by atoms with Gasteiger partial charge < -0.3 is 15.8 Å². The van der Waals surface area contributed by atoms with Crippen molar-refractivity contribution in [3.8, 4) is 5.75 Å². The summed E-state index contributed by atoms with van der Waals surface area (Å²) in [6, 6.07) is 13.8. The molecule has 0 spiro atoms. The lowest BCUT2D eigenvalue weighted by Crippen LogP contribution is -2.75. The molecule has 3 aliphatic carbocycles. The smallest absolute Gasteiger partial charge is 0.221 e. The van der Waals surface area contributed by atoms with Crippen LogP contribution >= 0.6 is 11.6 Å². The zero-order valence-corrected chi connectivity index (χ0v) is 18.0. The minimum atomic E-state index is -0.577. The molecule has 1 atom stereocenters. The molecule has 5 nitrogen and oxygen atoms in total. The Balaban J connectivity index is 1.16. The van der Waals surface area contributed by atoms with Gasteiger partial charge in [0.05, 0.1) is 5.02 Å². The number of Topliss-reactive ketones (excluding diaryl/α,β-unsaturated/α-hetero) is 1. The van der Waals surface area contributed by atoms with E-state index < -0.39 is 5.82 Å². The van der Waals surface area contributed by atoms with Gasteiger partial charge in [0.25, 0.3) is 0 Å². The summed E-state index contributed by atoms with van der Waals surface area (Å²) in [6.45, 7) is -0.101. The Morgan fingerprint density at radius 1 is 1.16 bits per heavy atom. The van der Waals surface area contributed by atoms with Gasteiger partial charge in [-0.15, -0.1) is 0 Å². The molecule has 0 radical (unpaired) electrons. The third kappa shape index (κ3) is 5.08. The molecule has 0 saturated heterocycles. The first-order valence-corrected chi connectivity index (χ1v) is 10.8. The predicted molar refractivity (Wildman–Crippen MR) is 116 cm³/mol. The molecular formula is C24H26ClFN2O3. The fraction of sp³-hybridized carbons (Fsp3) is 0.417. The van der Waals surface area contributed by atoms with Crippen LogP contribution in [-0.2, 0) is 16.0 Å². The molecule has 0 aromatic heterocycles. The first-order valence-electron chi connectivity index (χ1n) is 10.5. The second-order valence-electron chi connectivity index (χ2n) is 9.09. The third-order valence-corrected chi connectivity index (χ3v) is 6.50. The van der Waals surface area contributed by atoms with Gasteiger partial charge >= 0.3 is 0 Å². The Bertz CT molecular complexity index is 962. The number of rotatable bonds is 10. The zero-order valence-electron chi connectivity index (χ0n) is 17.2. The number of nitrogens with two attached hydrogens (primary N) is 1. The summed E-state index contributed by atoms with van der Waals surface area (Å²) in [5, 5.41) is 3.14. The molecule has 5 rings (SSSR count). The van der Waals surface area contributed by atoms with E-state index in [0.717, 1.165) is 24.8 Å². The summed E-state index contributed by atoms with van der Waals surface area (Å²) in [5.41, 5.74) is 7.04. The molecule has 0 heterocycles. The van der Waals surface area contributed by atoms with Crippen LogP contribution in [0, 0.1) is 11.2 Å². The van der Waals surface area contributed by atoms with Crippen LogP contribution in [0.2, 0.25) is 5.02 Å². The molecule has 3 fully saturated rings. The maximum Gasteiger partial charge on any atom is 0.221 e. The molecular weight excluding hydrogens is 419 g/mol. The summed E-state index contributed by atoms with van der Waals surface area (Å²) in [4.78, 5) is 24.7. The van der Waals surface area contributed by atoms with Crippen molar-refractivity contribution < 1.29 is 18.7 Å². The number of benzene rings is 2. The number of carbonyl (C=O) groups is 2. The van der Waals surface area contributed by atoms with Crippen LogP contribution in [0.15, 0.2) is 48.5 Å². The van der Waals surface area contributed by atoms with Gasteiger partial charge in [0.1, 0.15) is 18.2 Å². The van der Waals surface area contributed by atoms with Crippen molar-refractivity contribution in [1.29, 1.82) is 0 Å². The number of ether oxygens (including phenoxy) is 1. The second kappa shape index (κ2) is 8.60. The Morgan fingerprint density at radius 2 is 1.87 bits per heavy atom. The van der Waals surface area contributed by atoms with Crippen LogP contribution in [0.4, 0.5) is 4.39 Å². The third-order valence-electron chi connectivity index (χ3n) is 6.20. The summed E-state index contributed by atoms with van der Waals surface area (Å²) in [5.74, 6) is -0.355. The standard InChI is InChI=1S/C24H26ClFN2O3/c25-20-7-6-19(10-21(20)26)31-12-18(29)11-23-13-24(14-23,15-23)28-22(30)9-17(27)8-16-4-2-1-3-5-16/h1-7,10,17H,8-9,11-15,27H2,(H,28,30)/t17-,23?,24?/m0/s1. The maximum atomic E-state index is 13.4. The van der Waals surface area contributed by atoms with Gasteiger partial charge in [0, 0.05) is 30.5 Å². The van der Waals surface area contributed by atoms with E-state index in [0.29, 0.717) is 12.8 Å². The molecule has 3 saturated carbocycles. The topological polar surface area (TPSA) is 81.4 Å². The fourth-order valence-electron chi connectivity index (χ4n) is 5.09. The average Bonchev–Trinajstić information content (AvgIpc) is 2.67. The van der Waals surface area contributed by atoms with E-state index in [4.69, 9.17) is 22.1 Å². The van der Waals surface area contributed by atoms with Gasteiger partial charge in [-0.2, -0.15) is 0 Å². The number of hydrogen-bond acceptors (Lipinski definition) is 4. The van der Waals surface area contributed by atoms with E-state index in [1.165, 1.54) is 18.2 Å². The van der Waals surface area contributed by atoms with Crippen molar-refractivity contribution in [2.45, 2.75) is 50.1 Å². The predicted octanol–water partition coefficient (Wildman–Crippen LogP) is 3.82.